The molecule has 1 aromatic carbocycles. The third-order valence-electron chi connectivity index (χ3n) is 4.57. The van der Waals surface area contributed by atoms with Gasteiger partial charge in [0.1, 0.15) is 0 Å². The molecule has 1 aliphatic carbocycles. The van der Waals surface area contributed by atoms with Crippen molar-refractivity contribution in [3.63, 3.8) is 0 Å². The van der Waals surface area contributed by atoms with Crippen LogP contribution in [0.2, 0.25) is 0 Å². The maximum Gasteiger partial charge on any atom is 0.0353 e. The van der Waals surface area contributed by atoms with Gasteiger partial charge in [-0.05, 0) is 43.2 Å². The molecule has 1 nitrogen and oxygen atoms in total. The van der Waals surface area contributed by atoms with E-state index in [0.29, 0.717) is 11.5 Å². The molecule has 0 saturated heterocycles. The fourth-order valence-electron chi connectivity index (χ4n) is 3.55. The number of aryl methyl sites for hydroxylation is 1. The minimum absolute atomic E-state index is 0.469. The standard InChI is InChI=1S/C17H27N/c1-5-18-16(14-9-6-8-13(2)12-14)15-10-7-11-17(15,3)4/h6,8-9,12,15-16,18H,5,7,10-11H2,1-4H3. The monoisotopic (exact) mass is 245 g/mol. The van der Waals surface area contributed by atoms with Crippen molar-refractivity contribution < 1.29 is 0 Å². The summed E-state index contributed by atoms with van der Waals surface area (Å²) in [5, 5.41) is 3.72. The minimum Gasteiger partial charge on any atom is -0.310 e. The maximum atomic E-state index is 3.72. The van der Waals surface area contributed by atoms with Gasteiger partial charge < -0.3 is 5.32 Å². The molecule has 1 heteroatoms. The van der Waals surface area contributed by atoms with E-state index in [9.17, 15) is 0 Å². The van der Waals surface area contributed by atoms with E-state index in [-0.39, 0.29) is 0 Å². The third-order valence-corrected chi connectivity index (χ3v) is 4.57. The molecule has 1 fully saturated rings. The second-order valence-electron chi connectivity index (χ2n) is 6.44. The van der Waals surface area contributed by atoms with Gasteiger partial charge in [-0.2, -0.15) is 0 Å². The van der Waals surface area contributed by atoms with Gasteiger partial charge in [-0.15, -0.1) is 0 Å². The fraction of sp³-hybridized carbons (Fsp3) is 0.647. The number of hydrogen-bond donors (Lipinski definition) is 1. The smallest absolute Gasteiger partial charge is 0.0353 e. The quantitative estimate of drug-likeness (QED) is 0.825. The summed E-state index contributed by atoms with van der Waals surface area (Å²) >= 11 is 0. The van der Waals surface area contributed by atoms with Crippen LogP contribution in [0.25, 0.3) is 0 Å². The Morgan fingerprint density at radius 1 is 1.39 bits per heavy atom. The lowest BCUT2D eigenvalue weighted by molar-refractivity contribution is 0.199. The number of hydrogen-bond acceptors (Lipinski definition) is 1. The predicted octanol–water partition coefficient (Wildman–Crippen LogP) is 4.47. The highest BCUT2D eigenvalue weighted by Gasteiger charge is 2.39. The van der Waals surface area contributed by atoms with Crippen LogP contribution in [0, 0.1) is 18.3 Å². The fourth-order valence-corrected chi connectivity index (χ4v) is 3.55. The van der Waals surface area contributed by atoms with Crippen molar-refractivity contribution in [3.8, 4) is 0 Å². The first kappa shape index (κ1) is 13.6. The van der Waals surface area contributed by atoms with Crippen LogP contribution in [0.1, 0.15) is 57.2 Å². The lowest BCUT2D eigenvalue weighted by Gasteiger charge is -2.35. The largest absolute Gasteiger partial charge is 0.310 e. The molecule has 0 aliphatic heterocycles. The van der Waals surface area contributed by atoms with Gasteiger partial charge >= 0.3 is 0 Å². The first-order chi connectivity index (χ1) is 8.54. The maximum absolute atomic E-state index is 3.72. The Hall–Kier alpha value is -0.820. The van der Waals surface area contributed by atoms with Crippen LogP contribution < -0.4 is 5.32 Å². The zero-order valence-corrected chi connectivity index (χ0v) is 12.3. The van der Waals surface area contributed by atoms with Gasteiger partial charge in [0.05, 0.1) is 0 Å². The zero-order chi connectivity index (χ0) is 13.2. The minimum atomic E-state index is 0.469. The summed E-state index contributed by atoms with van der Waals surface area (Å²) in [6.07, 6.45) is 4.11. The molecule has 0 spiro atoms. The van der Waals surface area contributed by atoms with E-state index in [4.69, 9.17) is 0 Å². The summed E-state index contributed by atoms with van der Waals surface area (Å²) in [4.78, 5) is 0. The van der Waals surface area contributed by atoms with E-state index in [1.807, 2.05) is 0 Å². The SMILES string of the molecule is CCNC(c1cccc(C)c1)C1CCCC1(C)C. The highest BCUT2D eigenvalue weighted by Crippen LogP contribution is 2.48. The summed E-state index contributed by atoms with van der Waals surface area (Å²) in [7, 11) is 0. The topological polar surface area (TPSA) is 12.0 Å². The average Bonchev–Trinajstić information content (AvgIpc) is 2.66. The molecule has 2 atom stereocenters. The second-order valence-corrected chi connectivity index (χ2v) is 6.44. The van der Waals surface area contributed by atoms with Crippen molar-refractivity contribution in [3.05, 3.63) is 35.4 Å². The lowest BCUT2D eigenvalue weighted by atomic mass is 9.75. The normalized spacial score (nSPS) is 24.1. The summed E-state index contributed by atoms with van der Waals surface area (Å²) in [6.45, 7) is 10.3. The van der Waals surface area contributed by atoms with Crippen LogP contribution in [0.15, 0.2) is 24.3 Å². The number of rotatable bonds is 4. The summed E-state index contributed by atoms with van der Waals surface area (Å²) in [5.41, 5.74) is 3.30. The van der Waals surface area contributed by atoms with Gasteiger partial charge in [-0.1, -0.05) is 57.0 Å². The Morgan fingerprint density at radius 3 is 2.72 bits per heavy atom. The van der Waals surface area contributed by atoms with E-state index >= 15 is 0 Å². The molecule has 1 N–H and O–H groups in total. The van der Waals surface area contributed by atoms with Crippen LogP contribution in [0.3, 0.4) is 0 Å². The average molecular weight is 245 g/mol. The van der Waals surface area contributed by atoms with E-state index in [2.05, 4.69) is 57.3 Å². The van der Waals surface area contributed by atoms with Crippen molar-refractivity contribution in [1.29, 1.82) is 0 Å². The zero-order valence-electron chi connectivity index (χ0n) is 12.3. The van der Waals surface area contributed by atoms with E-state index in [1.165, 1.54) is 30.4 Å². The first-order valence-corrected chi connectivity index (χ1v) is 7.34. The lowest BCUT2D eigenvalue weighted by Crippen LogP contribution is -2.33. The van der Waals surface area contributed by atoms with Crippen LogP contribution in [0.4, 0.5) is 0 Å². The number of benzene rings is 1. The molecular formula is C17H27N. The van der Waals surface area contributed by atoms with Crippen molar-refractivity contribution in [2.45, 2.75) is 53.0 Å². The molecule has 100 valence electrons. The molecule has 1 saturated carbocycles. The molecule has 1 aliphatic rings. The Balaban J connectivity index is 2.28. The van der Waals surface area contributed by atoms with Crippen LogP contribution in [-0.4, -0.2) is 6.54 Å². The van der Waals surface area contributed by atoms with Gasteiger partial charge in [0.25, 0.3) is 0 Å². The van der Waals surface area contributed by atoms with E-state index in [1.54, 1.807) is 0 Å². The van der Waals surface area contributed by atoms with Crippen molar-refractivity contribution in [1.82, 2.24) is 5.32 Å². The Morgan fingerprint density at radius 2 is 2.17 bits per heavy atom. The molecule has 0 radical (unpaired) electrons. The van der Waals surface area contributed by atoms with Crippen LogP contribution in [0.5, 0.6) is 0 Å². The summed E-state index contributed by atoms with van der Waals surface area (Å²) < 4.78 is 0. The molecule has 0 aromatic heterocycles. The second kappa shape index (κ2) is 5.44. The Kier molecular flexibility index (Phi) is 4.11. The van der Waals surface area contributed by atoms with Crippen LogP contribution >= 0.6 is 0 Å². The molecular weight excluding hydrogens is 218 g/mol. The third kappa shape index (κ3) is 2.77. The summed E-state index contributed by atoms with van der Waals surface area (Å²) in [5.74, 6) is 0.763. The van der Waals surface area contributed by atoms with Gasteiger partial charge in [0, 0.05) is 6.04 Å². The Bertz CT molecular complexity index is 394. The molecule has 2 rings (SSSR count). The van der Waals surface area contributed by atoms with Gasteiger partial charge in [0.2, 0.25) is 0 Å². The highest BCUT2D eigenvalue weighted by atomic mass is 14.9. The van der Waals surface area contributed by atoms with Gasteiger partial charge in [-0.3, -0.25) is 0 Å². The molecule has 18 heavy (non-hydrogen) atoms. The van der Waals surface area contributed by atoms with Crippen molar-refractivity contribution in [2.24, 2.45) is 11.3 Å². The molecule has 1 aromatic rings. The number of nitrogens with one attached hydrogen (secondary N) is 1. The van der Waals surface area contributed by atoms with Gasteiger partial charge in [0.15, 0.2) is 0 Å². The first-order valence-electron chi connectivity index (χ1n) is 7.34. The predicted molar refractivity (Wildman–Crippen MR) is 78.7 cm³/mol. The summed E-state index contributed by atoms with van der Waals surface area (Å²) in [6, 6.07) is 9.53. The van der Waals surface area contributed by atoms with Crippen molar-refractivity contribution >= 4 is 0 Å². The van der Waals surface area contributed by atoms with E-state index < -0.39 is 0 Å². The molecule has 0 heterocycles. The van der Waals surface area contributed by atoms with Crippen LogP contribution in [-0.2, 0) is 0 Å². The molecule has 0 amide bonds. The van der Waals surface area contributed by atoms with Crippen molar-refractivity contribution in [2.75, 3.05) is 6.54 Å². The molecule has 0 bridgehead atoms. The van der Waals surface area contributed by atoms with E-state index in [0.717, 1.165) is 12.5 Å². The van der Waals surface area contributed by atoms with Gasteiger partial charge in [-0.25, -0.2) is 0 Å². The molecule has 2 unspecified atom stereocenters. The highest BCUT2D eigenvalue weighted by molar-refractivity contribution is 5.26. The Labute approximate surface area is 112 Å².